The monoisotopic (exact) mass is 337 g/mol. The van der Waals surface area contributed by atoms with E-state index in [1.165, 1.54) is 0 Å². The Morgan fingerprint density at radius 3 is 2.52 bits per heavy atom. The fraction of sp³-hybridized carbons (Fsp3) is 0.333. The lowest BCUT2D eigenvalue weighted by molar-refractivity contribution is -0.118. The molecule has 4 nitrogen and oxygen atoms in total. The number of amides is 1. The second-order valence-electron chi connectivity index (χ2n) is 6.91. The predicted octanol–water partition coefficient (Wildman–Crippen LogP) is 4.32. The van der Waals surface area contributed by atoms with Crippen LogP contribution in [0.2, 0.25) is 0 Å². The van der Waals surface area contributed by atoms with Crippen LogP contribution in [0.15, 0.2) is 30.3 Å². The van der Waals surface area contributed by atoms with Gasteiger partial charge in [-0.3, -0.25) is 9.59 Å². The smallest absolute Gasteiger partial charge is 0.262 e. The molecule has 2 aromatic rings. The van der Waals surface area contributed by atoms with Crippen LogP contribution in [0.5, 0.6) is 5.75 Å². The summed E-state index contributed by atoms with van der Waals surface area (Å²) in [7, 11) is 0. The predicted molar refractivity (Wildman–Crippen MR) is 98.6 cm³/mol. The molecule has 1 atom stereocenters. The van der Waals surface area contributed by atoms with Crippen LogP contribution in [-0.2, 0) is 4.79 Å². The molecule has 0 heterocycles. The molecule has 0 aromatic heterocycles. The van der Waals surface area contributed by atoms with Crippen LogP contribution in [0, 0.1) is 20.8 Å². The average Bonchev–Trinajstić information content (AvgIpc) is 2.81. The lowest BCUT2D eigenvalue weighted by Gasteiger charge is -2.13. The number of carbonyl (C=O) groups excluding carboxylic acids is 2. The standard InChI is InChI=1S/C21H23NO3/c1-12-7-13(2)9-16(8-12)22-19(24)11-25-18-6-5-14(3)20-15(4)10-17(23)21(18)20/h5-9,15H,10-11H2,1-4H3,(H,22,24). The van der Waals surface area contributed by atoms with Gasteiger partial charge in [-0.1, -0.05) is 19.1 Å². The molecule has 0 spiro atoms. The molecule has 1 unspecified atom stereocenters. The number of hydrogen-bond acceptors (Lipinski definition) is 3. The molecule has 130 valence electrons. The van der Waals surface area contributed by atoms with Gasteiger partial charge < -0.3 is 10.1 Å². The van der Waals surface area contributed by atoms with Crippen molar-refractivity contribution >= 4 is 17.4 Å². The summed E-state index contributed by atoms with van der Waals surface area (Å²) < 4.78 is 5.68. The molecule has 0 bridgehead atoms. The van der Waals surface area contributed by atoms with E-state index in [0.29, 0.717) is 17.7 Å². The lowest BCUT2D eigenvalue weighted by atomic mass is 9.97. The number of benzene rings is 2. The van der Waals surface area contributed by atoms with E-state index in [-0.39, 0.29) is 24.2 Å². The molecular weight excluding hydrogens is 314 g/mol. The van der Waals surface area contributed by atoms with Gasteiger partial charge in [0.2, 0.25) is 0 Å². The van der Waals surface area contributed by atoms with Gasteiger partial charge in [0.25, 0.3) is 5.91 Å². The van der Waals surface area contributed by atoms with Crippen LogP contribution in [0.4, 0.5) is 5.69 Å². The number of anilines is 1. The molecule has 25 heavy (non-hydrogen) atoms. The average molecular weight is 337 g/mol. The van der Waals surface area contributed by atoms with Gasteiger partial charge >= 0.3 is 0 Å². The Morgan fingerprint density at radius 2 is 1.84 bits per heavy atom. The molecule has 3 rings (SSSR count). The topological polar surface area (TPSA) is 55.4 Å². The number of ketones is 1. The minimum Gasteiger partial charge on any atom is -0.483 e. The zero-order valence-electron chi connectivity index (χ0n) is 15.1. The van der Waals surface area contributed by atoms with Crippen LogP contribution in [-0.4, -0.2) is 18.3 Å². The quantitative estimate of drug-likeness (QED) is 0.904. The minimum absolute atomic E-state index is 0.0934. The van der Waals surface area contributed by atoms with Crippen LogP contribution >= 0.6 is 0 Å². The van der Waals surface area contributed by atoms with Gasteiger partial charge in [-0.15, -0.1) is 0 Å². The van der Waals surface area contributed by atoms with E-state index in [4.69, 9.17) is 4.74 Å². The summed E-state index contributed by atoms with van der Waals surface area (Å²) in [5, 5.41) is 2.84. The lowest BCUT2D eigenvalue weighted by Crippen LogP contribution is -2.21. The second-order valence-corrected chi connectivity index (χ2v) is 6.91. The third-order valence-corrected chi connectivity index (χ3v) is 4.55. The summed E-state index contributed by atoms with van der Waals surface area (Å²) in [5.74, 6) is 0.564. The van der Waals surface area contributed by atoms with Gasteiger partial charge in [-0.05, 0) is 67.1 Å². The molecule has 2 aromatic carbocycles. The molecule has 0 radical (unpaired) electrons. The summed E-state index contributed by atoms with van der Waals surface area (Å²) in [6.45, 7) is 7.91. The summed E-state index contributed by atoms with van der Waals surface area (Å²) >= 11 is 0. The molecule has 1 aliphatic rings. The highest BCUT2D eigenvalue weighted by Gasteiger charge is 2.31. The fourth-order valence-corrected chi connectivity index (χ4v) is 3.62. The molecule has 1 amide bonds. The largest absolute Gasteiger partial charge is 0.483 e. The van der Waals surface area contributed by atoms with Crippen molar-refractivity contribution in [3.05, 3.63) is 58.1 Å². The zero-order chi connectivity index (χ0) is 18.1. The highest BCUT2D eigenvalue weighted by Crippen LogP contribution is 2.40. The van der Waals surface area contributed by atoms with Gasteiger partial charge in [-0.2, -0.15) is 0 Å². The number of carbonyl (C=O) groups is 2. The maximum Gasteiger partial charge on any atom is 0.262 e. The maximum absolute atomic E-state index is 12.3. The number of rotatable bonds is 4. The minimum atomic E-state index is -0.238. The van der Waals surface area contributed by atoms with E-state index in [1.807, 2.05) is 45.9 Å². The van der Waals surface area contributed by atoms with Crippen molar-refractivity contribution in [2.24, 2.45) is 0 Å². The first-order valence-corrected chi connectivity index (χ1v) is 8.53. The van der Waals surface area contributed by atoms with E-state index < -0.39 is 0 Å². The van der Waals surface area contributed by atoms with Crippen LogP contribution < -0.4 is 10.1 Å². The molecule has 0 fully saturated rings. The highest BCUT2D eigenvalue weighted by molar-refractivity contribution is 6.04. The van der Waals surface area contributed by atoms with Gasteiger partial charge in [0, 0.05) is 12.1 Å². The van der Waals surface area contributed by atoms with E-state index >= 15 is 0 Å². The van der Waals surface area contributed by atoms with Crippen molar-refractivity contribution in [3.63, 3.8) is 0 Å². The first-order valence-electron chi connectivity index (χ1n) is 8.53. The molecule has 0 saturated heterocycles. The van der Waals surface area contributed by atoms with E-state index in [0.717, 1.165) is 27.9 Å². The molecule has 0 aliphatic heterocycles. The van der Waals surface area contributed by atoms with Crippen molar-refractivity contribution < 1.29 is 14.3 Å². The summed E-state index contributed by atoms with van der Waals surface area (Å²) in [5.41, 5.74) is 5.73. The Bertz CT molecular complexity index is 834. The fourth-order valence-electron chi connectivity index (χ4n) is 3.62. The van der Waals surface area contributed by atoms with Crippen molar-refractivity contribution in [1.29, 1.82) is 0 Å². The number of fused-ring (bicyclic) bond motifs is 1. The number of hydrogen-bond donors (Lipinski definition) is 1. The molecular formula is C21H23NO3. The van der Waals surface area contributed by atoms with Gasteiger partial charge in [0.15, 0.2) is 12.4 Å². The van der Waals surface area contributed by atoms with Gasteiger partial charge in [-0.25, -0.2) is 0 Å². The normalized spacial score (nSPS) is 15.8. The van der Waals surface area contributed by atoms with Crippen molar-refractivity contribution in [2.75, 3.05) is 11.9 Å². The van der Waals surface area contributed by atoms with E-state index in [9.17, 15) is 9.59 Å². The number of ether oxygens (including phenoxy) is 1. The van der Waals surface area contributed by atoms with Crippen molar-refractivity contribution in [2.45, 2.75) is 40.0 Å². The number of nitrogens with one attached hydrogen (secondary N) is 1. The summed E-state index contributed by atoms with van der Waals surface area (Å²) in [4.78, 5) is 24.5. The molecule has 1 aliphatic carbocycles. The van der Waals surface area contributed by atoms with Crippen LogP contribution in [0.1, 0.15) is 51.9 Å². The highest BCUT2D eigenvalue weighted by atomic mass is 16.5. The number of Topliss-reactive ketones (excluding diaryl/α,β-unsaturated/α-hetero) is 1. The van der Waals surface area contributed by atoms with Crippen LogP contribution in [0.3, 0.4) is 0 Å². The van der Waals surface area contributed by atoms with Crippen LogP contribution in [0.25, 0.3) is 0 Å². The van der Waals surface area contributed by atoms with E-state index in [2.05, 4.69) is 11.4 Å². The Balaban J connectivity index is 1.72. The van der Waals surface area contributed by atoms with Crippen molar-refractivity contribution in [1.82, 2.24) is 0 Å². The summed E-state index contributed by atoms with van der Waals surface area (Å²) in [6, 6.07) is 9.62. The Morgan fingerprint density at radius 1 is 1.16 bits per heavy atom. The first kappa shape index (κ1) is 17.2. The van der Waals surface area contributed by atoms with Gasteiger partial charge in [0.1, 0.15) is 5.75 Å². The molecule has 0 saturated carbocycles. The van der Waals surface area contributed by atoms with Crippen molar-refractivity contribution in [3.8, 4) is 5.75 Å². The zero-order valence-corrected chi connectivity index (χ0v) is 15.1. The van der Waals surface area contributed by atoms with E-state index in [1.54, 1.807) is 6.07 Å². The first-order chi connectivity index (χ1) is 11.8. The Kier molecular flexibility index (Phi) is 4.62. The second kappa shape index (κ2) is 6.71. The molecule has 1 N–H and O–H groups in total. The SMILES string of the molecule is Cc1cc(C)cc(NC(=O)COc2ccc(C)c3c2C(=O)CC3C)c1. The third kappa shape index (κ3) is 3.58. The Hall–Kier alpha value is -2.62. The number of aryl methyl sites for hydroxylation is 3. The maximum atomic E-state index is 12.3. The molecule has 4 heteroatoms. The Labute approximate surface area is 148 Å². The summed E-state index contributed by atoms with van der Waals surface area (Å²) in [6.07, 6.45) is 0.505. The third-order valence-electron chi connectivity index (χ3n) is 4.55. The van der Waals surface area contributed by atoms with Gasteiger partial charge in [0.05, 0.1) is 5.56 Å².